The molecule has 1 N–H and O–H groups in total. The highest BCUT2D eigenvalue weighted by Gasteiger charge is 2.19. The molecule has 0 bridgehead atoms. The van der Waals surface area contributed by atoms with Gasteiger partial charge in [-0.3, -0.25) is 14.9 Å². The fraction of sp³-hybridized carbons (Fsp3) is 0.0476. The number of thiophene rings is 1. The molecule has 0 aliphatic carbocycles. The minimum absolute atomic E-state index is 0.134. The predicted octanol–water partition coefficient (Wildman–Crippen LogP) is 5.43. The van der Waals surface area contributed by atoms with Gasteiger partial charge in [0, 0.05) is 11.5 Å². The van der Waals surface area contributed by atoms with Gasteiger partial charge in [0.05, 0.1) is 26.6 Å². The van der Waals surface area contributed by atoms with E-state index in [4.69, 9.17) is 0 Å². The molecule has 0 radical (unpaired) electrons. The van der Waals surface area contributed by atoms with Crippen LogP contribution >= 0.6 is 11.3 Å². The molecule has 0 aliphatic heterocycles. The van der Waals surface area contributed by atoms with E-state index >= 15 is 0 Å². The van der Waals surface area contributed by atoms with Gasteiger partial charge in [0.15, 0.2) is 0 Å². The molecule has 0 saturated heterocycles. The molecule has 4 aromatic rings. The molecule has 0 spiro atoms. The number of carbonyl (C=O) groups excluding carboxylic acids is 1. The van der Waals surface area contributed by atoms with Crippen LogP contribution in [0.2, 0.25) is 0 Å². The summed E-state index contributed by atoms with van der Waals surface area (Å²) in [7, 11) is 0. The van der Waals surface area contributed by atoms with Crippen molar-refractivity contribution in [3.8, 4) is 10.6 Å². The maximum absolute atomic E-state index is 13.1. The van der Waals surface area contributed by atoms with Gasteiger partial charge in [-0.1, -0.05) is 30.3 Å². The number of para-hydroxylation sites is 1. The lowest BCUT2D eigenvalue weighted by atomic mass is 10.1. The predicted molar refractivity (Wildman–Crippen MR) is 111 cm³/mol. The molecule has 2 heterocycles. The quantitative estimate of drug-likeness (QED) is 0.372. The number of amides is 1. The molecule has 28 heavy (non-hydrogen) atoms. The van der Waals surface area contributed by atoms with E-state index in [1.165, 1.54) is 17.4 Å². The number of nitrogens with zero attached hydrogens (tertiary/aromatic N) is 2. The van der Waals surface area contributed by atoms with Crippen LogP contribution in [0.25, 0.3) is 21.5 Å². The standard InChI is InChI=1S/C21H15N3O3S/c1-13-8-9-17(19(11-13)24(26)27)23-21(25)15-12-18(20-7-4-10-28-20)22-16-6-3-2-5-14(15)16/h2-12H,1H3,(H,23,25). The van der Waals surface area contributed by atoms with Crippen LogP contribution < -0.4 is 5.32 Å². The summed E-state index contributed by atoms with van der Waals surface area (Å²) in [6.07, 6.45) is 0. The van der Waals surface area contributed by atoms with Gasteiger partial charge in [0.2, 0.25) is 0 Å². The highest BCUT2D eigenvalue weighted by Crippen LogP contribution is 2.30. The molecule has 2 aromatic carbocycles. The van der Waals surface area contributed by atoms with Crippen molar-refractivity contribution in [1.82, 2.24) is 4.98 Å². The molecule has 0 fully saturated rings. The highest BCUT2D eigenvalue weighted by molar-refractivity contribution is 7.13. The van der Waals surface area contributed by atoms with E-state index in [0.29, 0.717) is 22.2 Å². The van der Waals surface area contributed by atoms with Crippen molar-refractivity contribution in [1.29, 1.82) is 0 Å². The maximum atomic E-state index is 13.1. The summed E-state index contributed by atoms with van der Waals surface area (Å²) in [5.41, 5.74) is 2.58. The number of rotatable bonds is 4. The molecule has 2 aromatic heterocycles. The Morgan fingerprint density at radius 3 is 2.68 bits per heavy atom. The van der Waals surface area contributed by atoms with E-state index in [1.807, 2.05) is 41.8 Å². The average molecular weight is 389 g/mol. The number of pyridine rings is 1. The number of carbonyl (C=O) groups is 1. The van der Waals surface area contributed by atoms with Gasteiger partial charge in [-0.05, 0) is 42.1 Å². The van der Waals surface area contributed by atoms with Gasteiger partial charge in [-0.15, -0.1) is 11.3 Å². The first-order chi connectivity index (χ1) is 13.5. The largest absolute Gasteiger partial charge is 0.316 e. The van der Waals surface area contributed by atoms with E-state index in [0.717, 1.165) is 10.4 Å². The second kappa shape index (κ2) is 7.21. The zero-order valence-corrected chi connectivity index (χ0v) is 15.7. The van der Waals surface area contributed by atoms with Gasteiger partial charge in [0.25, 0.3) is 11.6 Å². The Kier molecular flexibility index (Phi) is 4.58. The molecule has 6 nitrogen and oxygen atoms in total. The SMILES string of the molecule is Cc1ccc(NC(=O)c2cc(-c3cccs3)nc3ccccc23)c([N+](=O)[O-])c1. The van der Waals surface area contributed by atoms with Crippen molar-refractivity contribution in [2.24, 2.45) is 0 Å². The summed E-state index contributed by atoms with van der Waals surface area (Å²) in [5, 5.41) is 16.7. The Balaban J connectivity index is 1.81. The van der Waals surface area contributed by atoms with Crippen LogP contribution in [0.5, 0.6) is 0 Å². The number of benzene rings is 2. The summed E-state index contributed by atoms with van der Waals surface area (Å²) in [4.78, 5) is 29.5. The topological polar surface area (TPSA) is 85.1 Å². The molecule has 138 valence electrons. The second-order valence-electron chi connectivity index (χ2n) is 6.28. The fourth-order valence-electron chi connectivity index (χ4n) is 3.00. The molecule has 7 heteroatoms. The number of aryl methyl sites for hydroxylation is 1. The normalized spacial score (nSPS) is 10.8. The van der Waals surface area contributed by atoms with Crippen molar-refractivity contribution in [3.05, 3.63) is 87.3 Å². The van der Waals surface area contributed by atoms with Crippen LogP contribution in [-0.2, 0) is 0 Å². The van der Waals surface area contributed by atoms with Crippen molar-refractivity contribution in [2.45, 2.75) is 6.92 Å². The molecule has 0 unspecified atom stereocenters. The molecular weight excluding hydrogens is 374 g/mol. The van der Waals surface area contributed by atoms with Crippen molar-refractivity contribution in [2.75, 3.05) is 5.32 Å². The molecular formula is C21H15N3O3S. The summed E-state index contributed by atoms with van der Waals surface area (Å²) < 4.78 is 0. The Bertz CT molecular complexity index is 1200. The van der Waals surface area contributed by atoms with E-state index in [2.05, 4.69) is 10.3 Å². The Labute approximate surface area is 164 Å². The third-order valence-corrected chi connectivity index (χ3v) is 5.22. The van der Waals surface area contributed by atoms with Crippen LogP contribution in [0.4, 0.5) is 11.4 Å². The van der Waals surface area contributed by atoms with Crippen LogP contribution in [0.15, 0.2) is 66.0 Å². The summed E-state index contributed by atoms with van der Waals surface area (Å²) in [6.45, 7) is 1.77. The van der Waals surface area contributed by atoms with Crippen LogP contribution in [0.1, 0.15) is 15.9 Å². The summed E-state index contributed by atoms with van der Waals surface area (Å²) in [5.74, 6) is -0.414. The smallest absolute Gasteiger partial charge is 0.293 e. The van der Waals surface area contributed by atoms with E-state index in [9.17, 15) is 14.9 Å². The van der Waals surface area contributed by atoms with Crippen molar-refractivity contribution in [3.63, 3.8) is 0 Å². The third-order valence-electron chi connectivity index (χ3n) is 4.33. The minimum atomic E-state index is -0.496. The Morgan fingerprint density at radius 2 is 1.93 bits per heavy atom. The first-order valence-corrected chi connectivity index (χ1v) is 9.41. The van der Waals surface area contributed by atoms with Crippen LogP contribution in [0, 0.1) is 17.0 Å². The van der Waals surface area contributed by atoms with Crippen molar-refractivity contribution < 1.29 is 9.72 Å². The lowest BCUT2D eigenvalue weighted by Gasteiger charge is -2.10. The van der Waals surface area contributed by atoms with E-state index < -0.39 is 10.8 Å². The number of anilines is 1. The summed E-state index contributed by atoms with van der Waals surface area (Å²) >= 11 is 1.53. The Morgan fingerprint density at radius 1 is 1.11 bits per heavy atom. The van der Waals surface area contributed by atoms with Gasteiger partial charge >= 0.3 is 0 Å². The number of fused-ring (bicyclic) bond motifs is 1. The van der Waals surface area contributed by atoms with E-state index in [1.54, 1.807) is 25.1 Å². The number of hydrogen-bond acceptors (Lipinski definition) is 5. The number of nitro benzene ring substituents is 1. The average Bonchev–Trinajstić information content (AvgIpc) is 3.23. The Hall–Kier alpha value is -3.58. The monoisotopic (exact) mass is 389 g/mol. The number of nitrogens with one attached hydrogen (secondary N) is 1. The zero-order chi connectivity index (χ0) is 19.7. The lowest BCUT2D eigenvalue weighted by molar-refractivity contribution is -0.384. The maximum Gasteiger partial charge on any atom is 0.293 e. The van der Waals surface area contributed by atoms with Gasteiger partial charge < -0.3 is 5.32 Å². The molecule has 0 saturated carbocycles. The second-order valence-corrected chi connectivity index (χ2v) is 7.23. The summed E-state index contributed by atoms with van der Waals surface area (Å²) in [6, 6.07) is 17.7. The fourth-order valence-corrected chi connectivity index (χ4v) is 3.69. The van der Waals surface area contributed by atoms with Crippen LogP contribution in [-0.4, -0.2) is 15.8 Å². The molecule has 0 atom stereocenters. The van der Waals surface area contributed by atoms with Gasteiger partial charge in [0.1, 0.15) is 5.69 Å². The number of aromatic nitrogens is 1. The highest BCUT2D eigenvalue weighted by atomic mass is 32.1. The van der Waals surface area contributed by atoms with Gasteiger partial charge in [-0.25, -0.2) is 4.98 Å². The lowest BCUT2D eigenvalue weighted by Crippen LogP contribution is -2.14. The minimum Gasteiger partial charge on any atom is -0.316 e. The first kappa shape index (κ1) is 17.8. The first-order valence-electron chi connectivity index (χ1n) is 8.53. The molecule has 4 rings (SSSR count). The van der Waals surface area contributed by atoms with E-state index in [-0.39, 0.29) is 11.4 Å². The van der Waals surface area contributed by atoms with Crippen LogP contribution in [0.3, 0.4) is 0 Å². The zero-order valence-electron chi connectivity index (χ0n) is 14.9. The third kappa shape index (κ3) is 3.35. The van der Waals surface area contributed by atoms with Crippen molar-refractivity contribution >= 4 is 39.5 Å². The molecule has 0 aliphatic rings. The van der Waals surface area contributed by atoms with Gasteiger partial charge in [-0.2, -0.15) is 0 Å². The number of nitro groups is 1. The number of hydrogen-bond donors (Lipinski definition) is 1. The molecule has 1 amide bonds.